The van der Waals surface area contributed by atoms with E-state index in [0.29, 0.717) is 30.9 Å². The molecule has 1 saturated heterocycles. The van der Waals surface area contributed by atoms with Crippen molar-refractivity contribution in [2.24, 2.45) is 0 Å². The van der Waals surface area contributed by atoms with Crippen LogP contribution in [-0.2, 0) is 11.3 Å². The number of hydrogen-bond donors (Lipinski definition) is 1. The molecule has 0 aromatic carbocycles. The molecule has 1 fully saturated rings. The maximum atomic E-state index is 12.1. The van der Waals surface area contributed by atoms with Gasteiger partial charge in [-0.1, -0.05) is 0 Å². The maximum absolute atomic E-state index is 12.1. The molecule has 2 heterocycles. The summed E-state index contributed by atoms with van der Waals surface area (Å²) in [5, 5.41) is 24.5. The van der Waals surface area contributed by atoms with Crippen molar-refractivity contribution in [3.05, 3.63) is 21.5 Å². The highest BCUT2D eigenvalue weighted by molar-refractivity contribution is 5.76. The first-order valence-corrected chi connectivity index (χ1v) is 6.54. The van der Waals surface area contributed by atoms with Crippen molar-refractivity contribution >= 4 is 11.6 Å². The van der Waals surface area contributed by atoms with E-state index in [0.717, 1.165) is 6.42 Å². The number of piperidine rings is 1. The fourth-order valence-electron chi connectivity index (χ4n) is 2.52. The molecule has 20 heavy (non-hydrogen) atoms. The van der Waals surface area contributed by atoms with Crippen LogP contribution in [0, 0.1) is 24.0 Å². The number of amides is 1. The van der Waals surface area contributed by atoms with E-state index in [1.165, 1.54) is 4.68 Å². The number of hydrogen-bond acceptors (Lipinski definition) is 5. The average molecular weight is 282 g/mol. The van der Waals surface area contributed by atoms with Gasteiger partial charge in [-0.25, -0.2) is 0 Å². The largest absolute Gasteiger partial charge is 0.391 e. The second kappa shape index (κ2) is 5.58. The van der Waals surface area contributed by atoms with Crippen LogP contribution in [0.3, 0.4) is 0 Å². The first-order chi connectivity index (χ1) is 9.40. The molecule has 0 spiro atoms. The van der Waals surface area contributed by atoms with Gasteiger partial charge in [0.1, 0.15) is 17.9 Å². The number of aryl methyl sites for hydroxylation is 1. The van der Waals surface area contributed by atoms with Crippen molar-refractivity contribution in [3.63, 3.8) is 0 Å². The van der Waals surface area contributed by atoms with Gasteiger partial charge in [0.05, 0.1) is 11.0 Å². The lowest BCUT2D eigenvalue weighted by molar-refractivity contribution is -0.386. The van der Waals surface area contributed by atoms with Crippen molar-refractivity contribution in [1.82, 2.24) is 14.7 Å². The fraction of sp³-hybridized carbons (Fsp3) is 0.667. The van der Waals surface area contributed by atoms with Gasteiger partial charge in [-0.15, -0.1) is 0 Å². The second-order valence-electron chi connectivity index (χ2n) is 5.07. The molecule has 0 radical (unpaired) electrons. The number of aromatic nitrogens is 2. The molecule has 2 rings (SSSR count). The Balaban J connectivity index is 2.12. The Labute approximate surface area is 116 Å². The number of carbonyl (C=O) groups excluding carboxylic acids is 1. The van der Waals surface area contributed by atoms with Crippen LogP contribution >= 0.6 is 0 Å². The first kappa shape index (κ1) is 14.4. The van der Waals surface area contributed by atoms with Crippen LogP contribution in [0.5, 0.6) is 0 Å². The first-order valence-electron chi connectivity index (χ1n) is 6.54. The van der Waals surface area contributed by atoms with Crippen LogP contribution < -0.4 is 0 Å². The summed E-state index contributed by atoms with van der Waals surface area (Å²) in [6.45, 7) is 4.03. The number of likely N-dealkylation sites (tertiary alicyclic amines) is 1. The van der Waals surface area contributed by atoms with Gasteiger partial charge in [-0.3, -0.25) is 19.6 Å². The molecular weight excluding hydrogens is 264 g/mol. The summed E-state index contributed by atoms with van der Waals surface area (Å²) in [6, 6.07) is 0. The van der Waals surface area contributed by atoms with Crippen molar-refractivity contribution in [2.45, 2.75) is 39.3 Å². The van der Waals surface area contributed by atoms with Crippen LogP contribution in [-0.4, -0.2) is 49.8 Å². The molecule has 1 aliphatic rings. The molecular formula is C12H18N4O4. The summed E-state index contributed by atoms with van der Waals surface area (Å²) in [5.74, 6) is -0.177. The summed E-state index contributed by atoms with van der Waals surface area (Å²) >= 11 is 0. The van der Waals surface area contributed by atoms with Crippen LogP contribution in [0.1, 0.15) is 24.2 Å². The second-order valence-corrected chi connectivity index (χ2v) is 5.07. The van der Waals surface area contributed by atoms with E-state index in [1.807, 2.05) is 0 Å². The minimum absolute atomic E-state index is 0.0345. The molecule has 0 unspecified atom stereocenters. The Morgan fingerprint density at radius 1 is 1.55 bits per heavy atom. The molecule has 0 saturated carbocycles. The third kappa shape index (κ3) is 2.79. The van der Waals surface area contributed by atoms with E-state index in [-0.39, 0.29) is 18.1 Å². The highest BCUT2D eigenvalue weighted by atomic mass is 16.6. The topological polar surface area (TPSA) is 102 Å². The van der Waals surface area contributed by atoms with Crippen molar-refractivity contribution in [2.75, 3.05) is 13.1 Å². The third-order valence-corrected chi connectivity index (χ3v) is 3.56. The van der Waals surface area contributed by atoms with Crippen LogP contribution in [0.25, 0.3) is 0 Å². The zero-order valence-electron chi connectivity index (χ0n) is 11.6. The van der Waals surface area contributed by atoms with E-state index < -0.39 is 11.0 Å². The van der Waals surface area contributed by atoms with E-state index >= 15 is 0 Å². The molecule has 0 bridgehead atoms. The van der Waals surface area contributed by atoms with Crippen LogP contribution in [0.4, 0.5) is 5.69 Å². The van der Waals surface area contributed by atoms with Gasteiger partial charge in [0.2, 0.25) is 5.91 Å². The minimum atomic E-state index is -0.484. The smallest absolute Gasteiger partial charge is 0.312 e. The number of rotatable bonds is 3. The summed E-state index contributed by atoms with van der Waals surface area (Å²) in [5.41, 5.74) is 0.633. The van der Waals surface area contributed by atoms with Gasteiger partial charge in [0.25, 0.3) is 0 Å². The Morgan fingerprint density at radius 2 is 2.25 bits per heavy atom. The predicted octanol–water partition coefficient (Wildman–Crippen LogP) is 0.391. The van der Waals surface area contributed by atoms with Gasteiger partial charge in [-0.2, -0.15) is 5.10 Å². The summed E-state index contributed by atoms with van der Waals surface area (Å²) < 4.78 is 1.36. The number of nitro groups is 1. The third-order valence-electron chi connectivity index (χ3n) is 3.56. The maximum Gasteiger partial charge on any atom is 0.312 e. The van der Waals surface area contributed by atoms with Crippen LogP contribution in [0.2, 0.25) is 0 Å². The van der Waals surface area contributed by atoms with Gasteiger partial charge in [-0.05, 0) is 26.7 Å². The van der Waals surface area contributed by atoms with Gasteiger partial charge in [0.15, 0.2) is 0 Å². The number of aliphatic hydroxyl groups excluding tert-OH is 1. The summed E-state index contributed by atoms with van der Waals surface area (Å²) in [7, 11) is 0. The molecule has 8 nitrogen and oxygen atoms in total. The van der Waals surface area contributed by atoms with Crippen LogP contribution in [0.15, 0.2) is 0 Å². The molecule has 1 aromatic rings. The summed E-state index contributed by atoms with van der Waals surface area (Å²) in [6.07, 6.45) is 0.988. The SMILES string of the molecule is Cc1nn(CC(=O)N2CCC[C@H](O)C2)c(C)c1[N+](=O)[O-]. The van der Waals surface area contributed by atoms with Crippen molar-refractivity contribution < 1.29 is 14.8 Å². The van der Waals surface area contributed by atoms with E-state index in [2.05, 4.69) is 5.10 Å². The number of carbonyl (C=O) groups is 1. The zero-order chi connectivity index (χ0) is 14.9. The number of nitrogens with zero attached hydrogens (tertiary/aromatic N) is 4. The monoisotopic (exact) mass is 282 g/mol. The van der Waals surface area contributed by atoms with Crippen molar-refractivity contribution in [3.8, 4) is 0 Å². The van der Waals surface area contributed by atoms with Gasteiger partial charge in [0, 0.05) is 13.1 Å². The lowest BCUT2D eigenvalue weighted by Crippen LogP contribution is -2.43. The highest BCUT2D eigenvalue weighted by Crippen LogP contribution is 2.22. The normalized spacial score (nSPS) is 19.1. The molecule has 110 valence electrons. The molecule has 1 amide bonds. The lowest BCUT2D eigenvalue weighted by Gasteiger charge is -2.30. The zero-order valence-corrected chi connectivity index (χ0v) is 11.6. The Morgan fingerprint density at radius 3 is 2.80 bits per heavy atom. The molecule has 8 heteroatoms. The molecule has 1 N–H and O–H groups in total. The standard InChI is InChI=1S/C12H18N4O4/c1-8-12(16(19)20)9(2)15(13-8)7-11(18)14-5-3-4-10(17)6-14/h10,17H,3-7H2,1-2H3/t10-/m0/s1. The van der Waals surface area contributed by atoms with E-state index in [1.54, 1.807) is 18.7 Å². The number of β-amino-alcohol motifs (C(OH)–C–C–N with tert-alkyl or cyclic N) is 1. The van der Waals surface area contributed by atoms with Gasteiger partial charge >= 0.3 is 5.69 Å². The number of aliphatic hydroxyl groups is 1. The Hall–Kier alpha value is -1.96. The molecule has 1 atom stereocenters. The summed E-state index contributed by atoms with van der Waals surface area (Å²) in [4.78, 5) is 24.1. The lowest BCUT2D eigenvalue weighted by atomic mass is 10.1. The predicted molar refractivity (Wildman–Crippen MR) is 70.2 cm³/mol. The minimum Gasteiger partial charge on any atom is -0.391 e. The Kier molecular flexibility index (Phi) is 4.03. The average Bonchev–Trinajstić information content (AvgIpc) is 2.64. The van der Waals surface area contributed by atoms with E-state index in [9.17, 15) is 20.0 Å². The highest BCUT2D eigenvalue weighted by Gasteiger charge is 2.26. The molecule has 0 aliphatic carbocycles. The quantitative estimate of drug-likeness (QED) is 0.638. The van der Waals surface area contributed by atoms with Gasteiger partial charge < -0.3 is 10.0 Å². The fourth-order valence-corrected chi connectivity index (χ4v) is 2.52. The molecule has 1 aliphatic heterocycles. The molecule has 1 aromatic heterocycles. The van der Waals surface area contributed by atoms with Crippen molar-refractivity contribution in [1.29, 1.82) is 0 Å². The Bertz CT molecular complexity index is 540. The van der Waals surface area contributed by atoms with E-state index in [4.69, 9.17) is 0 Å².